The van der Waals surface area contributed by atoms with Crippen LogP contribution in [0.5, 0.6) is 17.2 Å². The molecule has 1 aliphatic carbocycles. The first-order chi connectivity index (χ1) is 17.2. The lowest BCUT2D eigenvalue weighted by Gasteiger charge is -2.35. The second-order valence-corrected chi connectivity index (χ2v) is 12.2. The van der Waals surface area contributed by atoms with Crippen LogP contribution in [0.1, 0.15) is 74.9 Å². The highest BCUT2D eigenvalue weighted by atomic mass is 16.3. The smallest absolute Gasteiger partial charge is 0.157 e. The molecular formula is C33H35NO3. The summed E-state index contributed by atoms with van der Waals surface area (Å²) in [6.45, 7) is 13.2. The van der Waals surface area contributed by atoms with E-state index in [0.29, 0.717) is 5.69 Å². The summed E-state index contributed by atoms with van der Waals surface area (Å²) in [5.41, 5.74) is 13.6. The molecule has 5 N–H and O–H groups in total. The molecule has 4 aromatic rings. The fourth-order valence-electron chi connectivity index (χ4n) is 5.58. The van der Waals surface area contributed by atoms with Crippen molar-refractivity contribution in [1.82, 2.24) is 0 Å². The first-order valence-electron chi connectivity index (χ1n) is 12.7. The molecule has 0 radical (unpaired) electrons. The van der Waals surface area contributed by atoms with Gasteiger partial charge in [0.1, 0.15) is 5.75 Å². The van der Waals surface area contributed by atoms with E-state index >= 15 is 0 Å². The zero-order valence-electron chi connectivity index (χ0n) is 22.3. The van der Waals surface area contributed by atoms with Gasteiger partial charge in [-0.05, 0) is 79.6 Å². The van der Waals surface area contributed by atoms with Gasteiger partial charge < -0.3 is 21.1 Å². The van der Waals surface area contributed by atoms with E-state index in [1.54, 1.807) is 18.2 Å². The summed E-state index contributed by atoms with van der Waals surface area (Å²) in [6, 6.07) is 23.7. The summed E-state index contributed by atoms with van der Waals surface area (Å²) in [6.07, 6.45) is 0. The molecule has 0 bridgehead atoms. The molecule has 0 heterocycles. The monoisotopic (exact) mass is 493 g/mol. The van der Waals surface area contributed by atoms with Crippen molar-refractivity contribution in [3.63, 3.8) is 0 Å². The number of benzene rings is 4. The highest BCUT2D eigenvalue weighted by molar-refractivity contribution is 5.87. The van der Waals surface area contributed by atoms with Crippen LogP contribution in [0, 0.1) is 0 Å². The lowest BCUT2D eigenvalue weighted by Crippen LogP contribution is -2.29. The number of rotatable bonds is 2. The second kappa shape index (κ2) is 8.04. The lowest BCUT2D eigenvalue weighted by molar-refractivity contribution is 0.402. The molecule has 1 aliphatic rings. The van der Waals surface area contributed by atoms with Crippen molar-refractivity contribution in [2.45, 2.75) is 57.8 Å². The average Bonchev–Trinajstić information content (AvgIpc) is 3.11. The quantitative estimate of drug-likeness (QED) is 0.153. The lowest BCUT2D eigenvalue weighted by atomic mass is 9.66. The molecular weight excluding hydrogens is 458 g/mol. The number of nitrogen functional groups attached to an aromatic ring is 1. The highest BCUT2D eigenvalue weighted by Crippen LogP contribution is 2.58. The number of aromatic hydroxyl groups is 3. The Balaban J connectivity index is 2.00. The summed E-state index contributed by atoms with van der Waals surface area (Å²) in [5, 5.41) is 31.6. The van der Waals surface area contributed by atoms with Gasteiger partial charge in [-0.15, -0.1) is 0 Å². The molecule has 0 aromatic heterocycles. The van der Waals surface area contributed by atoms with Gasteiger partial charge in [0.25, 0.3) is 0 Å². The minimum atomic E-state index is -0.858. The Morgan fingerprint density at radius 1 is 0.541 bits per heavy atom. The SMILES string of the molecule is CC(C)(C)c1ccc2c(c1)C(c1ccc(N)c(O)c1)(c1ccc(O)c(O)c1)c1cc(C(C)(C)C)ccc1-2. The Bertz CT molecular complexity index is 1420. The van der Waals surface area contributed by atoms with Crippen LogP contribution in [0.4, 0.5) is 5.69 Å². The van der Waals surface area contributed by atoms with E-state index in [9.17, 15) is 15.3 Å². The maximum Gasteiger partial charge on any atom is 0.157 e. The van der Waals surface area contributed by atoms with Crippen molar-refractivity contribution in [3.05, 3.63) is 106 Å². The summed E-state index contributed by atoms with van der Waals surface area (Å²) < 4.78 is 0. The number of fused-ring (bicyclic) bond motifs is 3. The first kappa shape index (κ1) is 24.8. The van der Waals surface area contributed by atoms with Gasteiger partial charge in [0.15, 0.2) is 11.5 Å². The van der Waals surface area contributed by atoms with Crippen molar-refractivity contribution in [1.29, 1.82) is 0 Å². The van der Waals surface area contributed by atoms with E-state index in [2.05, 4.69) is 77.9 Å². The average molecular weight is 494 g/mol. The summed E-state index contributed by atoms with van der Waals surface area (Å²) in [7, 11) is 0. The molecule has 4 aromatic carbocycles. The van der Waals surface area contributed by atoms with Crippen LogP contribution in [-0.4, -0.2) is 15.3 Å². The van der Waals surface area contributed by atoms with Gasteiger partial charge in [0.05, 0.1) is 11.1 Å². The summed E-state index contributed by atoms with van der Waals surface area (Å²) in [5.74, 6) is -0.358. The van der Waals surface area contributed by atoms with Gasteiger partial charge in [0.2, 0.25) is 0 Å². The predicted molar refractivity (Wildman–Crippen MR) is 151 cm³/mol. The Hall–Kier alpha value is -3.92. The standard InChI is InChI=1S/C33H35NO3/c1-31(2,3)19-7-11-23-24-12-8-20(32(4,5)6)16-26(24)33(25(23)15-19,21-9-13-27(34)29(36)17-21)22-10-14-28(35)30(37)18-22/h7-18,35-37H,34H2,1-6H3. The minimum absolute atomic E-state index is 0.00817. The third kappa shape index (κ3) is 3.74. The van der Waals surface area contributed by atoms with E-state index in [0.717, 1.165) is 33.4 Å². The molecule has 4 nitrogen and oxygen atoms in total. The molecule has 0 amide bonds. The molecule has 190 valence electrons. The molecule has 5 rings (SSSR count). The second-order valence-electron chi connectivity index (χ2n) is 12.2. The van der Waals surface area contributed by atoms with Crippen LogP contribution in [0.25, 0.3) is 11.1 Å². The maximum absolute atomic E-state index is 10.8. The van der Waals surface area contributed by atoms with Crippen LogP contribution >= 0.6 is 0 Å². The number of anilines is 1. The van der Waals surface area contributed by atoms with E-state index in [1.165, 1.54) is 17.2 Å². The van der Waals surface area contributed by atoms with Crippen molar-refractivity contribution < 1.29 is 15.3 Å². The number of phenolic OH excluding ortho intramolecular Hbond substituents is 3. The number of nitrogens with two attached hydrogens (primary N) is 1. The summed E-state index contributed by atoms with van der Waals surface area (Å²) in [4.78, 5) is 0. The van der Waals surface area contributed by atoms with E-state index in [4.69, 9.17) is 5.73 Å². The van der Waals surface area contributed by atoms with Crippen LogP contribution in [0.15, 0.2) is 72.8 Å². The molecule has 0 spiro atoms. The largest absolute Gasteiger partial charge is 0.506 e. The molecule has 37 heavy (non-hydrogen) atoms. The summed E-state index contributed by atoms with van der Waals surface area (Å²) >= 11 is 0. The van der Waals surface area contributed by atoms with Crippen molar-refractivity contribution in [3.8, 4) is 28.4 Å². The molecule has 0 fully saturated rings. The number of hydrogen-bond donors (Lipinski definition) is 4. The maximum atomic E-state index is 10.8. The minimum Gasteiger partial charge on any atom is -0.506 e. The Labute approximate surface area is 219 Å². The number of hydrogen-bond acceptors (Lipinski definition) is 4. The van der Waals surface area contributed by atoms with Gasteiger partial charge in [-0.2, -0.15) is 0 Å². The van der Waals surface area contributed by atoms with Gasteiger partial charge in [0, 0.05) is 0 Å². The Morgan fingerprint density at radius 2 is 1.00 bits per heavy atom. The molecule has 0 aliphatic heterocycles. The van der Waals surface area contributed by atoms with Crippen LogP contribution in [0.2, 0.25) is 0 Å². The predicted octanol–water partition coefficient (Wildman–Crippen LogP) is 7.34. The van der Waals surface area contributed by atoms with Crippen molar-refractivity contribution in [2.75, 3.05) is 5.73 Å². The molecule has 4 heteroatoms. The van der Waals surface area contributed by atoms with Crippen LogP contribution in [0.3, 0.4) is 0 Å². The molecule has 0 atom stereocenters. The zero-order chi connectivity index (χ0) is 26.9. The number of phenols is 3. The molecule has 0 saturated heterocycles. The third-order valence-electron chi connectivity index (χ3n) is 7.74. The van der Waals surface area contributed by atoms with Gasteiger partial charge in [-0.25, -0.2) is 0 Å². The van der Waals surface area contributed by atoms with Crippen molar-refractivity contribution in [2.24, 2.45) is 0 Å². The zero-order valence-corrected chi connectivity index (χ0v) is 22.3. The molecule has 0 unspecified atom stereocenters. The van der Waals surface area contributed by atoms with Crippen LogP contribution < -0.4 is 5.73 Å². The third-order valence-corrected chi connectivity index (χ3v) is 7.74. The highest BCUT2D eigenvalue weighted by Gasteiger charge is 2.47. The van der Waals surface area contributed by atoms with Gasteiger partial charge in [-0.3, -0.25) is 0 Å². The fourth-order valence-corrected chi connectivity index (χ4v) is 5.58. The van der Waals surface area contributed by atoms with E-state index in [1.807, 2.05) is 12.1 Å². The normalized spacial score (nSPS) is 14.3. The van der Waals surface area contributed by atoms with Crippen LogP contribution in [-0.2, 0) is 16.2 Å². The topological polar surface area (TPSA) is 86.7 Å². The van der Waals surface area contributed by atoms with E-state index < -0.39 is 5.41 Å². The van der Waals surface area contributed by atoms with Crippen molar-refractivity contribution >= 4 is 5.69 Å². The van der Waals surface area contributed by atoms with Gasteiger partial charge in [-0.1, -0.05) is 90.1 Å². The Morgan fingerprint density at radius 3 is 1.43 bits per heavy atom. The molecule has 0 saturated carbocycles. The Kier molecular flexibility index (Phi) is 5.38. The fraction of sp³-hybridized carbons (Fsp3) is 0.273. The first-order valence-corrected chi connectivity index (χ1v) is 12.7. The van der Waals surface area contributed by atoms with Gasteiger partial charge >= 0.3 is 0 Å². The van der Waals surface area contributed by atoms with E-state index in [-0.39, 0.29) is 28.1 Å².